The van der Waals surface area contributed by atoms with E-state index in [0.29, 0.717) is 12.8 Å². The Morgan fingerprint density at radius 2 is 2.11 bits per heavy atom. The van der Waals surface area contributed by atoms with Crippen molar-refractivity contribution in [2.75, 3.05) is 6.61 Å². The van der Waals surface area contributed by atoms with Crippen molar-refractivity contribution in [2.24, 2.45) is 11.8 Å². The Kier molecular flexibility index (Phi) is 3.44. The smallest absolute Gasteiger partial charge is 0.380 e. The fourth-order valence-corrected chi connectivity index (χ4v) is 3.22. The van der Waals surface area contributed by atoms with Gasteiger partial charge in [0.25, 0.3) is 0 Å². The summed E-state index contributed by atoms with van der Waals surface area (Å²) in [4.78, 5) is 12.0. The molecule has 0 aromatic heterocycles. The van der Waals surface area contributed by atoms with Gasteiger partial charge in [0.15, 0.2) is 5.60 Å². The molecule has 0 heterocycles. The van der Waals surface area contributed by atoms with Gasteiger partial charge in [-0.15, -0.1) is 0 Å². The van der Waals surface area contributed by atoms with E-state index >= 15 is 0 Å². The fourth-order valence-electron chi connectivity index (χ4n) is 3.22. The molecule has 0 aromatic rings. The van der Waals surface area contributed by atoms with Gasteiger partial charge in [-0.05, 0) is 19.8 Å². The first-order chi connectivity index (χ1) is 8.31. The highest BCUT2D eigenvalue weighted by atomic mass is 19.4. The summed E-state index contributed by atoms with van der Waals surface area (Å²) in [6, 6.07) is 0. The van der Waals surface area contributed by atoms with Crippen molar-refractivity contribution >= 4 is 5.78 Å². The minimum Gasteiger partial charge on any atom is -0.380 e. The zero-order chi connectivity index (χ0) is 13.6. The summed E-state index contributed by atoms with van der Waals surface area (Å²) in [5, 5.41) is 9.96. The lowest BCUT2D eigenvalue weighted by Gasteiger charge is -2.48. The molecule has 104 valence electrons. The second-order valence-corrected chi connectivity index (χ2v) is 5.11. The van der Waals surface area contributed by atoms with Crippen LogP contribution in [0.25, 0.3) is 0 Å². The number of halogens is 3. The van der Waals surface area contributed by atoms with Gasteiger partial charge < -0.3 is 9.84 Å². The molecule has 2 rings (SSSR count). The number of ether oxygens (including phenoxy) is 1. The maximum atomic E-state index is 13.0. The molecule has 1 N–H and O–H groups in total. The van der Waals surface area contributed by atoms with Gasteiger partial charge in [-0.2, -0.15) is 13.2 Å². The first-order valence-electron chi connectivity index (χ1n) is 6.25. The molecule has 0 saturated heterocycles. The van der Waals surface area contributed by atoms with Gasteiger partial charge in [-0.1, -0.05) is 6.42 Å². The van der Waals surface area contributed by atoms with Gasteiger partial charge in [0.1, 0.15) is 5.78 Å². The van der Waals surface area contributed by atoms with E-state index in [9.17, 15) is 23.1 Å². The summed E-state index contributed by atoms with van der Waals surface area (Å²) < 4.78 is 44.4. The topological polar surface area (TPSA) is 46.5 Å². The van der Waals surface area contributed by atoms with Gasteiger partial charge in [0.05, 0.1) is 12.0 Å². The molecule has 2 fully saturated rings. The highest BCUT2D eigenvalue weighted by Crippen LogP contribution is 2.50. The average molecular weight is 266 g/mol. The van der Waals surface area contributed by atoms with Gasteiger partial charge in [0, 0.05) is 18.9 Å². The molecular weight excluding hydrogens is 249 g/mol. The van der Waals surface area contributed by atoms with Crippen molar-refractivity contribution < 1.29 is 27.8 Å². The molecule has 3 nitrogen and oxygen atoms in total. The average Bonchev–Trinajstić information content (AvgIpc) is 2.24. The maximum Gasteiger partial charge on any atom is 0.417 e. The summed E-state index contributed by atoms with van der Waals surface area (Å²) in [5.41, 5.74) is -2.92. The molecular formula is C12H17F3O3. The van der Waals surface area contributed by atoms with Crippen LogP contribution in [0.15, 0.2) is 0 Å². The minimum absolute atomic E-state index is 0.115. The molecule has 0 radical (unpaired) electrons. The Morgan fingerprint density at radius 1 is 1.44 bits per heavy atom. The van der Waals surface area contributed by atoms with Crippen LogP contribution in [0.4, 0.5) is 13.2 Å². The van der Waals surface area contributed by atoms with Gasteiger partial charge >= 0.3 is 6.18 Å². The van der Waals surface area contributed by atoms with E-state index in [1.54, 1.807) is 6.92 Å². The molecule has 2 aliphatic carbocycles. The Morgan fingerprint density at radius 3 is 2.67 bits per heavy atom. The van der Waals surface area contributed by atoms with Crippen molar-refractivity contribution in [1.29, 1.82) is 0 Å². The summed E-state index contributed by atoms with van der Waals surface area (Å²) in [6.45, 7) is 1.92. The molecule has 0 aromatic carbocycles. The van der Waals surface area contributed by atoms with E-state index in [-0.39, 0.29) is 13.0 Å². The number of hydrogen-bond donors (Lipinski definition) is 1. The van der Waals surface area contributed by atoms with Crippen molar-refractivity contribution in [2.45, 2.75) is 50.5 Å². The molecule has 2 aliphatic rings. The van der Waals surface area contributed by atoms with E-state index in [2.05, 4.69) is 0 Å². The van der Waals surface area contributed by atoms with Crippen LogP contribution in [0.2, 0.25) is 0 Å². The fraction of sp³-hybridized carbons (Fsp3) is 0.917. The Labute approximate surface area is 103 Å². The number of fused-ring (bicyclic) bond motifs is 2. The zero-order valence-electron chi connectivity index (χ0n) is 10.2. The van der Waals surface area contributed by atoms with E-state index in [1.165, 1.54) is 0 Å². The van der Waals surface area contributed by atoms with E-state index in [4.69, 9.17) is 4.74 Å². The van der Waals surface area contributed by atoms with Crippen LogP contribution in [0.5, 0.6) is 0 Å². The van der Waals surface area contributed by atoms with Crippen LogP contribution < -0.4 is 0 Å². The number of rotatable bonds is 2. The molecule has 18 heavy (non-hydrogen) atoms. The van der Waals surface area contributed by atoms with Crippen molar-refractivity contribution in [3.05, 3.63) is 0 Å². The molecule has 0 spiro atoms. The highest BCUT2D eigenvalue weighted by molar-refractivity contribution is 5.87. The van der Waals surface area contributed by atoms with Crippen molar-refractivity contribution in [3.8, 4) is 0 Å². The number of ketones is 1. The summed E-state index contributed by atoms with van der Waals surface area (Å²) in [5.74, 6) is -2.27. The summed E-state index contributed by atoms with van der Waals surface area (Å²) in [7, 11) is 0. The standard InChI is InChI=1S/C12H17F3O3/c1-2-18-9-6-11(17,12(13,14)15)8-5-3-4-7(9)10(8)16/h7-9,17H,2-6H2,1H3. The lowest BCUT2D eigenvalue weighted by molar-refractivity contribution is -0.298. The Balaban J connectivity index is 2.34. The van der Waals surface area contributed by atoms with Gasteiger partial charge in [0.2, 0.25) is 0 Å². The third-order valence-corrected chi connectivity index (χ3v) is 4.13. The quantitative estimate of drug-likeness (QED) is 0.832. The van der Waals surface area contributed by atoms with Crippen LogP contribution >= 0.6 is 0 Å². The van der Waals surface area contributed by atoms with Crippen LogP contribution in [0, 0.1) is 11.8 Å². The number of alkyl halides is 3. The first kappa shape index (κ1) is 13.8. The van der Waals surface area contributed by atoms with E-state index in [1.807, 2.05) is 0 Å². The van der Waals surface area contributed by atoms with Crippen molar-refractivity contribution in [1.82, 2.24) is 0 Å². The number of carbonyl (C=O) groups is 1. The van der Waals surface area contributed by atoms with Crippen LogP contribution in [-0.2, 0) is 9.53 Å². The number of carbonyl (C=O) groups excluding carboxylic acids is 1. The third kappa shape index (κ3) is 1.95. The minimum atomic E-state index is -4.79. The number of Topliss-reactive ketones (excluding diaryl/α,β-unsaturated/α-hetero) is 1. The van der Waals surface area contributed by atoms with Gasteiger partial charge in [-0.3, -0.25) is 4.79 Å². The molecule has 2 saturated carbocycles. The molecule has 2 bridgehead atoms. The third-order valence-electron chi connectivity index (χ3n) is 4.13. The number of hydrogen-bond acceptors (Lipinski definition) is 3. The molecule has 4 unspecified atom stereocenters. The lowest BCUT2D eigenvalue weighted by atomic mass is 9.62. The predicted molar refractivity (Wildman–Crippen MR) is 56.9 cm³/mol. The monoisotopic (exact) mass is 266 g/mol. The summed E-state index contributed by atoms with van der Waals surface area (Å²) >= 11 is 0. The molecule has 0 aliphatic heterocycles. The normalized spacial score (nSPS) is 40.9. The van der Waals surface area contributed by atoms with Crippen LogP contribution in [0.1, 0.15) is 32.6 Å². The SMILES string of the molecule is CCOC1CC(O)(C(F)(F)F)C2CCCC1C2=O. The Bertz CT molecular complexity index is 342. The predicted octanol–water partition coefficient (Wildman–Crippen LogP) is 2.07. The molecule has 4 atom stereocenters. The van der Waals surface area contributed by atoms with Gasteiger partial charge in [-0.25, -0.2) is 0 Å². The largest absolute Gasteiger partial charge is 0.417 e. The van der Waals surface area contributed by atoms with Crippen LogP contribution in [0.3, 0.4) is 0 Å². The number of aliphatic hydroxyl groups is 1. The maximum absolute atomic E-state index is 13.0. The second kappa shape index (κ2) is 4.49. The van der Waals surface area contributed by atoms with Crippen molar-refractivity contribution in [3.63, 3.8) is 0 Å². The second-order valence-electron chi connectivity index (χ2n) is 5.11. The first-order valence-corrected chi connectivity index (χ1v) is 6.25. The molecule has 6 heteroatoms. The Hall–Kier alpha value is -0.620. The zero-order valence-corrected chi connectivity index (χ0v) is 10.2. The highest BCUT2D eigenvalue weighted by Gasteiger charge is 2.66. The summed E-state index contributed by atoms with van der Waals surface area (Å²) in [6.07, 6.45) is -4.91. The van der Waals surface area contributed by atoms with Crippen LogP contribution in [-0.4, -0.2) is 35.4 Å². The molecule has 0 amide bonds. The van der Waals surface area contributed by atoms with E-state index in [0.717, 1.165) is 0 Å². The van der Waals surface area contributed by atoms with E-state index < -0.39 is 41.9 Å². The lowest BCUT2D eigenvalue weighted by Crippen LogP contribution is -2.63.